The SMILES string of the molecule is COC(=O)c1ccccc1/C=N\NC(=O)[C@H](C)Oc1cccc(C)c1C. The second kappa shape index (κ2) is 8.80. The third-order valence-electron chi connectivity index (χ3n) is 3.97. The van der Waals surface area contributed by atoms with Crippen molar-refractivity contribution >= 4 is 18.1 Å². The lowest BCUT2D eigenvalue weighted by atomic mass is 10.1. The number of methoxy groups -OCH3 is 1. The molecule has 0 unspecified atom stereocenters. The third kappa shape index (κ3) is 4.69. The summed E-state index contributed by atoms with van der Waals surface area (Å²) in [6.45, 7) is 5.57. The van der Waals surface area contributed by atoms with E-state index in [9.17, 15) is 9.59 Å². The molecule has 0 bridgehead atoms. The van der Waals surface area contributed by atoms with Crippen molar-refractivity contribution in [3.05, 3.63) is 64.7 Å². The zero-order valence-corrected chi connectivity index (χ0v) is 15.3. The number of hydrogen-bond acceptors (Lipinski definition) is 5. The maximum atomic E-state index is 12.2. The molecule has 0 spiro atoms. The molecule has 0 aromatic heterocycles. The molecule has 0 saturated carbocycles. The van der Waals surface area contributed by atoms with Gasteiger partial charge in [-0.1, -0.05) is 30.3 Å². The van der Waals surface area contributed by atoms with Gasteiger partial charge in [0.25, 0.3) is 5.91 Å². The van der Waals surface area contributed by atoms with E-state index in [0.29, 0.717) is 16.9 Å². The molecule has 2 rings (SSSR count). The Morgan fingerprint density at radius 1 is 1.12 bits per heavy atom. The molecule has 2 aromatic rings. The zero-order valence-electron chi connectivity index (χ0n) is 15.3. The number of nitrogens with zero attached hydrogens (tertiary/aromatic N) is 1. The van der Waals surface area contributed by atoms with Gasteiger partial charge < -0.3 is 9.47 Å². The van der Waals surface area contributed by atoms with Crippen LogP contribution < -0.4 is 10.2 Å². The van der Waals surface area contributed by atoms with Crippen LogP contribution in [0.4, 0.5) is 0 Å². The Labute approximate surface area is 152 Å². The second-order valence-corrected chi connectivity index (χ2v) is 5.77. The Morgan fingerprint density at radius 3 is 2.58 bits per heavy atom. The Morgan fingerprint density at radius 2 is 1.85 bits per heavy atom. The van der Waals surface area contributed by atoms with E-state index in [1.165, 1.54) is 13.3 Å². The summed E-state index contributed by atoms with van der Waals surface area (Å²) in [7, 11) is 1.31. The van der Waals surface area contributed by atoms with Gasteiger partial charge in [0.2, 0.25) is 0 Å². The number of carbonyl (C=O) groups is 2. The van der Waals surface area contributed by atoms with Crippen molar-refractivity contribution in [1.82, 2.24) is 5.43 Å². The molecule has 0 radical (unpaired) electrons. The molecule has 0 saturated heterocycles. The molecule has 0 heterocycles. The van der Waals surface area contributed by atoms with Crippen LogP contribution in [0.1, 0.15) is 34.0 Å². The van der Waals surface area contributed by atoms with Crippen molar-refractivity contribution in [2.45, 2.75) is 26.9 Å². The molecule has 2 aromatic carbocycles. The summed E-state index contributed by atoms with van der Waals surface area (Å²) in [6, 6.07) is 12.5. The number of hydrazone groups is 1. The zero-order chi connectivity index (χ0) is 19.1. The Bertz CT molecular complexity index is 830. The van der Waals surface area contributed by atoms with Gasteiger partial charge in [-0.25, -0.2) is 10.2 Å². The molecule has 1 amide bonds. The van der Waals surface area contributed by atoms with Crippen molar-refractivity contribution in [3.63, 3.8) is 0 Å². The predicted octanol–water partition coefficient (Wildman–Crippen LogP) is 3.01. The lowest BCUT2D eigenvalue weighted by Crippen LogP contribution is -2.33. The summed E-state index contributed by atoms with van der Waals surface area (Å²) in [6.07, 6.45) is 0.679. The minimum Gasteiger partial charge on any atom is -0.481 e. The van der Waals surface area contributed by atoms with Crippen LogP contribution in [0.25, 0.3) is 0 Å². The smallest absolute Gasteiger partial charge is 0.338 e. The highest BCUT2D eigenvalue weighted by atomic mass is 16.5. The Kier molecular flexibility index (Phi) is 6.49. The fourth-order valence-electron chi connectivity index (χ4n) is 2.26. The summed E-state index contributed by atoms with van der Waals surface area (Å²) in [5.41, 5.74) is 5.41. The molecule has 1 N–H and O–H groups in total. The first-order chi connectivity index (χ1) is 12.4. The third-order valence-corrected chi connectivity index (χ3v) is 3.97. The Balaban J connectivity index is 2.01. The molecule has 0 aliphatic carbocycles. The number of aryl methyl sites for hydroxylation is 1. The fraction of sp³-hybridized carbons (Fsp3) is 0.250. The number of ether oxygens (including phenoxy) is 2. The monoisotopic (exact) mass is 354 g/mol. The Hall–Kier alpha value is -3.15. The first-order valence-corrected chi connectivity index (χ1v) is 8.17. The van der Waals surface area contributed by atoms with Crippen LogP contribution in [0.15, 0.2) is 47.6 Å². The summed E-state index contributed by atoms with van der Waals surface area (Å²) in [4.78, 5) is 23.9. The minimum absolute atomic E-state index is 0.368. The van der Waals surface area contributed by atoms with E-state index < -0.39 is 18.0 Å². The van der Waals surface area contributed by atoms with Gasteiger partial charge in [-0.2, -0.15) is 5.10 Å². The van der Waals surface area contributed by atoms with Crippen LogP contribution in [-0.2, 0) is 9.53 Å². The summed E-state index contributed by atoms with van der Waals surface area (Å²) >= 11 is 0. The second-order valence-electron chi connectivity index (χ2n) is 5.77. The maximum absolute atomic E-state index is 12.2. The van der Waals surface area contributed by atoms with Gasteiger partial charge in [-0.15, -0.1) is 0 Å². The summed E-state index contributed by atoms with van der Waals surface area (Å²) < 4.78 is 10.4. The van der Waals surface area contributed by atoms with E-state index in [1.54, 1.807) is 31.2 Å². The molecule has 1 atom stereocenters. The minimum atomic E-state index is -0.719. The first-order valence-electron chi connectivity index (χ1n) is 8.17. The number of benzene rings is 2. The molecule has 0 aliphatic heterocycles. The average molecular weight is 354 g/mol. The lowest BCUT2D eigenvalue weighted by molar-refractivity contribution is -0.127. The summed E-state index contributed by atoms with van der Waals surface area (Å²) in [5, 5.41) is 3.91. The molecule has 136 valence electrons. The average Bonchev–Trinajstić information content (AvgIpc) is 2.65. The molecule has 0 fully saturated rings. The van der Waals surface area contributed by atoms with Gasteiger partial charge in [0, 0.05) is 5.56 Å². The van der Waals surface area contributed by atoms with Gasteiger partial charge in [0.1, 0.15) is 5.75 Å². The summed E-state index contributed by atoms with van der Waals surface area (Å²) in [5.74, 6) is -0.199. The van der Waals surface area contributed by atoms with Crippen LogP contribution in [0.5, 0.6) is 5.75 Å². The topological polar surface area (TPSA) is 77.0 Å². The van der Waals surface area contributed by atoms with Gasteiger partial charge in [-0.05, 0) is 44.0 Å². The van der Waals surface area contributed by atoms with E-state index >= 15 is 0 Å². The first kappa shape index (κ1) is 19.2. The number of esters is 1. The van der Waals surface area contributed by atoms with Crippen LogP contribution in [0, 0.1) is 13.8 Å². The van der Waals surface area contributed by atoms with Crippen molar-refractivity contribution in [1.29, 1.82) is 0 Å². The van der Waals surface area contributed by atoms with Crippen molar-refractivity contribution in [3.8, 4) is 5.75 Å². The van der Waals surface area contributed by atoms with E-state index in [-0.39, 0.29) is 0 Å². The highest BCUT2D eigenvalue weighted by molar-refractivity contribution is 5.99. The number of nitrogens with one attached hydrogen (secondary N) is 1. The van der Waals surface area contributed by atoms with E-state index in [2.05, 4.69) is 10.5 Å². The highest BCUT2D eigenvalue weighted by Crippen LogP contribution is 2.21. The largest absolute Gasteiger partial charge is 0.481 e. The van der Waals surface area contributed by atoms with E-state index in [0.717, 1.165) is 11.1 Å². The van der Waals surface area contributed by atoms with Gasteiger partial charge in [0.15, 0.2) is 6.10 Å². The van der Waals surface area contributed by atoms with E-state index in [4.69, 9.17) is 9.47 Å². The van der Waals surface area contributed by atoms with Crippen LogP contribution in [0.2, 0.25) is 0 Å². The maximum Gasteiger partial charge on any atom is 0.338 e. The lowest BCUT2D eigenvalue weighted by Gasteiger charge is -2.15. The molecule has 6 heteroatoms. The van der Waals surface area contributed by atoms with Crippen LogP contribution >= 0.6 is 0 Å². The number of carbonyl (C=O) groups excluding carboxylic acids is 2. The van der Waals surface area contributed by atoms with Crippen LogP contribution in [0.3, 0.4) is 0 Å². The molecular formula is C20H22N2O4. The quantitative estimate of drug-likeness (QED) is 0.491. The van der Waals surface area contributed by atoms with E-state index in [1.807, 2.05) is 32.0 Å². The molecular weight excluding hydrogens is 332 g/mol. The molecule has 0 aliphatic rings. The normalized spacial score (nSPS) is 11.8. The van der Waals surface area contributed by atoms with Gasteiger partial charge in [-0.3, -0.25) is 4.79 Å². The molecule has 26 heavy (non-hydrogen) atoms. The number of hydrogen-bond donors (Lipinski definition) is 1. The number of rotatable bonds is 6. The number of amides is 1. The highest BCUT2D eigenvalue weighted by Gasteiger charge is 2.15. The fourth-order valence-corrected chi connectivity index (χ4v) is 2.26. The van der Waals surface area contributed by atoms with Crippen molar-refractivity contribution < 1.29 is 19.1 Å². The van der Waals surface area contributed by atoms with Crippen molar-refractivity contribution in [2.24, 2.45) is 5.10 Å². The predicted molar refractivity (Wildman–Crippen MR) is 99.5 cm³/mol. The standard InChI is InChI=1S/C20H22N2O4/c1-13-8-7-11-18(14(13)2)26-15(3)19(23)22-21-12-16-9-5-6-10-17(16)20(24)25-4/h5-12,15H,1-4H3,(H,22,23)/b21-12-/t15-/m0/s1. The molecule has 6 nitrogen and oxygen atoms in total. The van der Waals surface area contributed by atoms with Crippen molar-refractivity contribution in [2.75, 3.05) is 7.11 Å². The van der Waals surface area contributed by atoms with Crippen LogP contribution in [-0.4, -0.2) is 31.3 Å². The van der Waals surface area contributed by atoms with Gasteiger partial charge >= 0.3 is 5.97 Å². The van der Waals surface area contributed by atoms with Gasteiger partial charge in [0.05, 0.1) is 18.9 Å².